The monoisotopic (exact) mass is 393 g/mol. The van der Waals surface area contributed by atoms with Crippen LogP contribution in [0, 0.1) is 12.8 Å². The molecule has 2 aromatic heterocycles. The van der Waals surface area contributed by atoms with E-state index < -0.39 is 0 Å². The highest BCUT2D eigenvalue weighted by molar-refractivity contribution is 7.15. The van der Waals surface area contributed by atoms with E-state index in [0.29, 0.717) is 17.1 Å². The van der Waals surface area contributed by atoms with E-state index in [1.54, 1.807) is 0 Å². The molecule has 1 aromatic carbocycles. The Kier molecular flexibility index (Phi) is 4.29. The molecule has 0 spiro atoms. The molecule has 3 heterocycles. The standard InChI is InChI=1S/C21H23N5OS/c1-3-7-26-11-14(20(27)23-21-25-24-12(2)28-21)8-16-15-5-4-6-17-19(15)13(10-22-17)9-18(16)26/h3-6,10,14,16,18,22H,1,7-9,11H2,2H3,(H,23,25,27)/t14?,16-,18-/m1/s1. The molecule has 1 aliphatic carbocycles. The molecular formula is C21H23N5OS. The zero-order valence-corrected chi connectivity index (χ0v) is 16.6. The van der Waals surface area contributed by atoms with Gasteiger partial charge in [0.1, 0.15) is 5.01 Å². The minimum Gasteiger partial charge on any atom is -0.361 e. The minimum absolute atomic E-state index is 0.0377. The number of likely N-dealkylation sites (tertiary alicyclic amines) is 1. The van der Waals surface area contributed by atoms with E-state index in [-0.39, 0.29) is 11.8 Å². The highest BCUT2D eigenvalue weighted by atomic mass is 32.1. The van der Waals surface area contributed by atoms with E-state index in [0.717, 1.165) is 30.9 Å². The first-order valence-corrected chi connectivity index (χ1v) is 10.5. The summed E-state index contributed by atoms with van der Waals surface area (Å²) in [6.45, 7) is 7.36. The highest BCUT2D eigenvalue weighted by Gasteiger charge is 2.42. The zero-order chi connectivity index (χ0) is 19.3. The van der Waals surface area contributed by atoms with Gasteiger partial charge >= 0.3 is 0 Å². The lowest BCUT2D eigenvalue weighted by molar-refractivity contribution is -0.122. The van der Waals surface area contributed by atoms with Crippen molar-refractivity contribution in [3.63, 3.8) is 0 Å². The summed E-state index contributed by atoms with van der Waals surface area (Å²) in [6, 6.07) is 6.89. The van der Waals surface area contributed by atoms with E-state index in [1.807, 2.05) is 13.0 Å². The zero-order valence-electron chi connectivity index (χ0n) is 15.8. The van der Waals surface area contributed by atoms with Crippen molar-refractivity contribution in [3.8, 4) is 0 Å². The van der Waals surface area contributed by atoms with Crippen LogP contribution in [0.1, 0.15) is 28.5 Å². The molecule has 1 saturated heterocycles. The Bertz CT molecular complexity index is 1050. The number of H-pyrrole nitrogens is 1. The van der Waals surface area contributed by atoms with Gasteiger partial charge in [0.05, 0.1) is 5.92 Å². The van der Waals surface area contributed by atoms with Crippen LogP contribution in [0.15, 0.2) is 37.1 Å². The number of piperidine rings is 1. The maximum atomic E-state index is 13.0. The molecule has 1 amide bonds. The van der Waals surface area contributed by atoms with Gasteiger partial charge in [0, 0.05) is 42.1 Å². The average molecular weight is 394 g/mol. The molecular weight excluding hydrogens is 370 g/mol. The molecule has 7 heteroatoms. The molecule has 0 bridgehead atoms. The third-order valence-electron chi connectivity index (χ3n) is 6.07. The van der Waals surface area contributed by atoms with Crippen LogP contribution in [-0.2, 0) is 11.2 Å². The number of benzene rings is 1. The normalized spacial score (nSPS) is 24.1. The highest BCUT2D eigenvalue weighted by Crippen LogP contribution is 2.44. The Morgan fingerprint density at radius 2 is 2.36 bits per heavy atom. The van der Waals surface area contributed by atoms with Crippen LogP contribution in [0.4, 0.5) is 5.13 Å². The Labute approximate surface area is 167 Å². The molecule has 2 N–H and O–H groups in total. The minimum atomic E-state index is -0.0823. The van der Waals surface area contributed by atoms with Gasteiger partial charge in [0.2, 0.25) is 11.0 Å². The molecule has 1 fully saturated rings. The number of amides is 1. The van der Waals surface area contributed by atoms with Gasteiger partial charge < -0.3 is 10.3 Å². The number of carbonyl (C=O) groups is 1. The fourth-order valence-electron chi connectivity index (χ4n) is 4.92. The SMILES string of the molecule is C=CCN1CC(C(=O)Nc2nnc(C)s2)C[C@@H]2c3cccc4[nH]cc(c34)C[C@H]21. The van der Waals surface area contributed by atoms with E-state index in [4.69, 9.17) is 0 Å². The smallest absolute Gasteiger partial charge is 0.230 e. The van der Waals surface area contributed by atoms with Crippen molar-refractivity contribution >= 4 is 33.3 Å². The van der Waals surface area contributed by atoms with Crippen molar-refractivity contribution in [2.45, 2.75) is 31.7 Å². The van der Waals surface area contributed by atoms with Crippen molar-refractivity contribution in [2.75, 3.05) is 18.4 Å². The van der Waals surface area contributed by atoms with Gasteiger partial charge in [0.15, 0.2) is 0 Å². The largest absolute Gasteiger partial charge is 0.361 e. The van der Waals surface area contributed by atoms with Crippen LogP contribution in [0.25, 0.3) is 10.9 Å². The van der Waals surface area contributed by atoms with Gasteiger partial charge in [-0.2, -0.15) is 0 Å². The van der Waals surface area contributed by atoms with Gasteiger partial charge in [-0.1, -0.05) is 29.5 Å². The number of hydrogen-bond donors (Lipinski definition) is 2. The fourth-order valence-corrected chi connectivity index (χ4v) is 5.51. The molecule has 3 atom stereocenters. The Balaban J connectivity index is 1.47. The van der Waals surface area contributed by atoms with Crippen molar-refractivity contribution in [2.24, 2.45) is 5.92 Å². The maximum absolute atomic E-state index is 13.0. The van der Waals surface area contributed by atoms with Crippen molar-refractivity contribution in [3.05, 3.63) is 53.2 Å². The predicted octanol–water partition coefficient (Wildman–Crippen LogP) is 3.48. The summed E-state index contributed by atoms with van der Waals surface area (Å²) in [7, 11) is 0. The van der Waals surface area contributed by atoms with Gasteiger partial charge in [-0.25, -0.2) is 0 Å². The van der Waals surface area contributed by atoms with Crippen molar-refractivity contribution in [1.29, 1.82) is 0 Å². The lowest BCUT2D eigenvalue weighted by Gasteiger charge is -2.46. The molecule has 5 rings (SSSR count). The molecule has 28 heavy (non-hydrogen) atoms. The summed E-state index contributed by atoms with van der Waals surface area (Å²) in [5.74, 6) is 0.296. The quantitative estimate of drug-likeness (QED) is 0.666. The van der Waals surface area contributed by atoms with Crippen LogP contribution in [0.5, 0.6) is 0 Å². The number of aryl methyl sites for hydroxylation is 1. The lowest BCUT2D eigenvalue weighted by atomic mass is 9.72. The first-order chi connectivity index (χ1) is 13.6. The Morgan fingerprint density at radius 1 is 1.46 bits per heavy atom. The van der Waals surface area contributed by atoms with E-state index in [9.17, 15) is 4.79 Å². The first kappa shape index (κ1) is 17.6. The third-order valence-corrected chi connectivity index (χ3v) is 6.82. The second-order valence-corrected chi connectivity index (χ2v) is 8.93. The van der Waals surface area contributed by atoms with Crippen LogP contribution < -0.4 is 5.32 Å². The lowest BCUT2D eigenvalue weighted by Crippen LogP contribution is -2.52. The second kappa shape index (κ2) is 6.83. The van der Waals surface area contributed by atoms with Crippen LogP contribution >= 0.6 is 11.3 Å². The predicted molar refractivity (Wildman–Crippen MR) is 112 cm³/mol. The molecule has 2 aliphatic rings. The van der Waals surface area contributed by atoms with Crippen LogP contribution in [0.2, 0.25) is 0 Å². The summed E-state index contributed by atoms with van der Waals surface area (Å²) in [5.41, 5.74) is 3.94. The fraction of sp³-hybridized carbons (Fsp3) is 0.381. The molecule has 1 aliphatic heterocycles. The van der Waals surface area contributed by atoms with Crippen LogP contribution in [-0.4, -0.2) is 45.1 Å². The van der Waals surface area contributed by atoms with Gasteiger partial charge in [0.25, 0.3) is 0 Å². The molecule has 1 unspecified atom stereocenters. The number of anilines is 1. The maximum Gasteiger partial charge on any atom is 0.230 e. The van der Waals surface area contributed by atoms with E-state index in [2.05, 4.69) is 56.4 Å². The number of nitrogens with zero attached hydrogens (tertiary/aromatic N) is 3. The number of carbonyl (C=O) groups excluding carboxylic acids is 1. The number of nitrogens with one attached hydrogen (secondary N) is 2. The van der Waals surface area contributed by atoms with Crippen LogP contribution in [0.3, 0.4) is 0 Å². The number of aromatic amines is 1. The van der Waals surface area contributed by atoms with Crippen molar-refractivity contribution in [1.82, 2.24) is 20.1 Å². The molecule has 0 saturated carbocycles. The number of hydrogen-bond acceptors (Lipinski definition) is 5. The van der Waals surface area contributed by atoms with E-state index in [1.165, 1.54) is 33.4 Å². The summed E-state index contributed by atoms with van der Waals surface area (Å²) < 4.78 is 0. The van der Waals surface area contributed by atoms with Gasteiger partial charge in [-0.15, -0.1) is 16.8 Å². The third kappa shape index (κ3) is 2.86. The second-order valence-electron chi connectivity index (χ2n) is 7.75. The summed E-state index contributed by atoms with van der Waals surface area (Å²) >= 11 is 1.41. The average Bonchev–Trinajstić information content (AvgIpc) is 3.29. The van der Waals surface area contributed by atoms with E-state index >= 15 is 0 Å². The molecule has 0 radical (unpaired) electrons. The number of rotatable bonds is 4. The molecule has 3 aromatic rings. The Hall–Kier alpha value is -2.51. The number of fused-ring (bicyclic) bond motifs is 2. The topological polar surface area (TPSA) is 73.9 Å². The molecule has 6 nitrogen and oxygen atoms in total. The van der Waals surface area contributed by atoms with Gasteiger partial charge in [-0.3, -0.25) is 9.69 Å². The van der Waals surface area contributed by atoms with Crippen molar-refractivity contribution < 1.29 is 4.79 Å². The van der Waals surface area contributed by atoms with Gasteiger partial charge in [-0.05, 0) is 37.0 Å². The summed E-state index contributed by atoms with van der Waals surface area (Å²) in [5, 5.41) is 13.8. The molecule has 144 valence electrons. The first-order valence-electron chi connectivity index (χ1n) is 9.69. The summed E-state index contributed by atoms with van der Waals surface area (Å²) in [4.78, 5) is 18.8. The Morgan fingerprint density at radius 3 is 3.14 bits per heavy atom. The summed E-state index contributed by atoms with van der Waals surface area (Å²) in [6.07, 6.45) is 5.96. The number of aromatic nitrogens is 3.